The van der Waals surface area contributed by atoms with Gasteiger partial charge in [0.2, 0.25) is 11.6 Å². The van der Waals surface area contributed by atoms with Crippen molar-refractivity contribution in [3.63, 3.8) is 0 Å². The van der Waals surface area contributed by atoms with Crippen molar-refractivity contribution < 1.29 is 9.59 Å². The monoisotopic (exact) mass is 362 g/mol. The number of hydrogen-bond donors (Lipinski definition) is 1. The van der Waals surface area contributed by atoms with E-state index in [9.17, 15) is 9.59 Å². The number of nitrogens with zero attached hydrogens (tertiary/aromatic N) is 1. The molecule has 0 aliphatic heterocycles. The molecule has 2 aromatic rings. The zero-order chi connectivity index (χ0) is 19.4. The highest BCUT2D eigenvalue weighted by molar-refractivity contribution is 6.52. The second-order valence-electron chi connectivity index (χ2n) is 6.80. The topological polar surface area (TPSA) is 49.4 Å². The van der Waals surface area contributed by atoms with Gasteiger partial charge in [-0.1, -0.05) is 68.4 Å². The van der Waals surface area contributed by atoms with Crippen molar-refractivity contribution in [2.75, 3.05) is 19.6 Å². The van der Waals surface area contributed by atoms with Gasteiger partial charge < -0.3 is 5.32 Å². The van der Waals surface area contributed by atoms with Crippen LogP contribution in [0.2, 0.25) is 0 Å². The average molecular weight is 362 g/mol. The molecule has 0 radical (unpaired) electrons. The van der Waals surface area contributed by atoms with Crippen LogP contribution in [0.1, 0.15) is 48.3 Å². The molecule has 0 saturated carbocycles. The van der Waals surface area contributed by atoms with E-state index in [1.807, 2.05) is 30.3 Å². The van der Waals surface area contributed by atoms with Gasteiger partial charge in [0.25, 0.3) is 0 Å². The zero-order valence-electron chi connectivity index (χ0n) is 16.2. The summed E-state index contributed by atoms with van der Waals surface area (Å²) in [4.78, 5) is 27.7. The van der Waals surface area contributed by atoms with E-state index < -0.39 is 11.6 Å². The van der Waals surface area contributed by atoms with E-state index in [0.29, 0.717) is 17.7 Å². The van der Waals surface area contributed by atoms with Crippen molar-refractivity contribution in [2.45, 2.75) is 26.8 Å². The summed E-state index contributed by atoms with van der Waals surface area (Å²) in [6.45, 7) is 8.31. The number of fused-ring (bicyclic) bond motifs is 1. The molecule has 1 atom stereocenters. The van der Waals surface area contributed by atoms with Crippen molar-refractivity contribution in [3.05, 3.63) is 76.9 Å². The second kappa shape index (κ2) is 8.31. The SMILES string of the molecule is CCN(CC)CC1=C(NC(C)c2ccccc2)c2ccccc2C(=O)C1=O. The van der Waals surface area contributed by atoms with Gasteiger partial charge in [-0.3, -0.25) is 14.5 Å². The van der Waals surface area contributed by atoms with E-state index in [-0.39, 0.29) is 6.04 Å². The van der Waals surface area contributed by atoms with Gasteiger partial charge in [-0.05, 0) is 25.6 Å². The lowest BCUT2D eigenvalue weighted by Crippen LogP contribution is -2.36. The molecular weight excluding hydrogens is 336 g/mol. The molecule has 0 amide bonds. The molecule has 1 aliphatic carbocycles. The first-order valence-electron chi connectivity index (χ1n) is 9.52. The summed E-state index contributed by atoms with van der Waals surface area (Å²) < 4.78 is 0. The highest BCUT2D eigenvalue weighted by atomic mass is 16.2. The minimum Gasteiger partial charge on any atom is -0.378 e. The van der Waals surface area contributed by atoms with Crippen LogP contribution in [-0.2, 0) is 4.79 Å². The summed E-state index contributed by atoms with van der Waals surface area (Å²) >= 11 is 0. The van der Waals surface area contributed by atoms with Crippen LogP contribution >= 0.6 is 0 Å². The lowest BCUT2D eigenvalue weighted by molar-refractivity contribution is -0.112. The van der Waals surface area contributed by atoms with Gasteiger partial charge in [-0.2, -0.15) is 0 Å². The average Bonchev–Trinajstić information content (AvgIpc) is 2.72. The Morgan fingerprint density at radius 3 is 2.07 bits per heavy atom. The molecule has 0 aromatic heterocycles. The minimum absolute atomic E-state index is 0.0157. The maximum Gasteiger partial charge on any atom is 0.233 e. The highest BCUT2D eigenvalue weighted by Crippen LogP contribution is 2.30. The fraction of sp³-hybridized carbons (Fsp3) is 0.304. The number of hydrogen-bond acceptors (Lipinski definition) is 4. The molecule has 1 aliphatic rings. The summed E-state index contributed by atoms with van der Waals surface area (Å²) in [5.74, 6) is -0.811. The van der Waals surface area contributed by atoms with Crippen molar-refractivity contribution in [2.24, 2.45) is 0 Å². The predicted octanol–water partition coefficient (Wildman–Crippen LogP) is 3.86. The molecule has 4 heteroatoms. The van der Waals surface area contributed by atoms with Crippen LogP contribution in [-0.4, -0.2) is 36.1 Å². The number of Topliss-reactive ketones (excluding diaryl/α,β-unsaturated/α-hetero) is 2. The van der Waals surface area contributed by atoms with E-state index in [1.54, 1.807) is 12.1 Å². The molecule has 1 unspecified atom stereocenters. The predicted molar refractivity (Wildman–Crippen MR) is 108 cm³/mol. The second-order valence-corrected chi connectivity index (χ2v) is 6.80. The third kappa shape index (κ3) is 3.86. The number of carbonyl (C=O) groups excluding carboxylic acids is 2. The van der Waals surface area contributed by atoms with Gasteiger partial charge in [-0.25, -0.2) is 0 Å². The van der Waals surface area contributed by atoms with E-state index in [2.05, 4.69) is 43.1 Å². The molecule has 1 N–H and O–H groups in total. The Kier molecular flexibility index (Phi) is 5.87. The largest absolute Gasteiger partial charge is 0.378 e. The zero-order valence-corrected chi connectivity index (χ0v) is 16.2. The number of nitrogens with one attached hydrogen (secondary N) is 1. The van der Waals surface area contributed by atoms with Crippen molar-refractivity contribution >= 4 is 17.3 Å². The number of likely N-dealkylation sites (N-methyl/N-ethyl adjacent to an activating group) is 1. The minimum atomic E-state index is -0.411. The number of ketones is 2. The maximum atomic E-state index is 12.9. The van der Waals surface area contributed by atoms with E-state index in [4.69, 9.17) is 0 Å². The molecule has 4 nitrogen and oxygen atoms in total. The Labute approximate surface area is 160 Å². The van der Waals surface area contributed by atoms with E-state index in [1.165, 1.54) is 0 Å². The van der Waals surface area contributed by atoms with Crippen LogP contribution in [0.25, 0.3) is 5.70 Å². The number of rotatable bonds is 7. The highest BCUT2D eigenvalue weighted by Gasteiger charge is 2.33. The summed E-state index contributed by atoms with van der Waals surface area (Å²) in [5, 5.41) is 3.53. The Morgan fingerprint density at radius 2 is 1.44 bits per heavy atom. The molecule has 0 bridgehead atoms. The maximum absolute atomic E-state index is 12.9. The van der Waals surface area contributed by atoms with Crippen LogP contribution in [0.15, 0.2) is 60.2 Å². The van der Waals surface area contributed by atoms with Crippen LogP contribution in [0.4, 0.5) is 0 Å². The molecule has 0 spiro atoms. The smallest absolute Gasteiger partial charge is 0.233 e. The summed E-state index contributed by atoms with van der Waals surface area (Å²) in [6.07, 6.45) is 0. The normalized spacial score (nSPS) is 15.1. The van der Waals surface area contributed by atoms with Crippen LogP contribution in [0.3, 0.4) is 0 Å². The van der Waals surface area contributed by atoms with E-state index >= 15 is 0 Å². The molecule has 0 heterocycles. The molecule has 2 aromatic carbocycles. The molecular formula is C23H26N2O2. The fourth-order valence-corrected chi connectivity index (χ4v) is 3.46. The standard InChI is InChI=1S/C23H26N2O2/c1-4-25(5-2)15-20-21(24-16(3)17-11-7-6-8-12-17)18-13-9-10-14-19(18)22(26)23(20)27/h6-14,16,24H,4-5,15H2,1-3H3. The van der Waals surface area contributed by atoms with Gasteiger partial charge in [0, 0.05) is 29.3 Å². The molecule has 0 fully saturated rings. The third-order valence-corrected chi connectivity index (χ3v) is 5.16. The van der Waals surface area contributed by atoms with E-state index in [0.717, 1.165) is 29.9 Å². The first-order valence-corrected chi connectivity index (χ1v) is 9.52. The Balaban J connectivity index is 2.07. The van der Waals surface area contributed by atoms with Gasteiger partial charge in [0.1, 0.15) is 0 Å². The van der Waals surface area contributed by atoms with Crippen molar-refractivity contribution in [1.82, 2.24) is 10.2 Å². The Morgan fingerprint density at radius 1 is 0.852 bits per heavy atom. The lowest BCUT2D eigenvalue weighted by atomic mass is 9.86. The van der Waals surface area contributed by atoms with Crippen molar-refractivity contribution in [1.29, 1.82) is 0 Å². The molecule has 3 rings (SSSR count). The fourth-order valence-electron chi connectivity index (χ4n) is 3.46. The Bertz CT molecular complexity index is 867. The quantitative estimate of drug-likeness (QED) is 0.760. The first-order chi connectivity index (χ1) is 13.1. The molecule has 140 valence electrons. The molecule has 0 saturated heterocycles. The first kappa shape index (κ1) is 19.1. The third-order valence-electron chi connectivity index (χ3n) is 5.16. The summed E-state index contributed by atoms with van der Waals surface area (Å²) in [6, 6.07) is 17.5. The number of benzene rings is 2. The van der Waals surface area contributed by atoms with Gasteiger partial charge in [0.05, 0.1) is 5.70 Å². The van der Waals surface area contributed by atoms with Crippen molar-refractivity contribution in [3.8, 4) is 0 Å². The van der Waals surface area contributed by atoms with Crippen LogP contribution in [0, 0.1) is 0 Å². The number of carbonyl (C=O) groups is 2. The summed E-state index contributed by atoms with van der Waals surface area (Å²) in [5.41, 5.74) is 3.76. The van der Waals surface area contributed by atoms with Crippen LogP contribution < -0.4 is 5.32 Å². The molecule has 27 heavy (non-hydrogen) atoms. The van der Waals surface area contributed by atoms with Gasteiger partial charge in [-0.15, -0.1) is 0 Å². The lowest BCUT2D eigenvalue weighted by Gasteiger charge is -2.28. The van der Waals surface area contributed by atoms with Crippen LogP contribution in [0.5, 0.6) is 0 Å². The van der Waals surface area contributed by atoms with Gasteiger partial charge in [0.15, 0.2) is 0 Å². The Hall–Kier alpha value is -2.72. The summed E-state index contributed by atoms with van der Waals surface area (Å²) in [7, 11) is 0. The van der Waals surface area contributed by atoms with Gasteiger partial charge >= 0.3 is 0 Å².